The maximum absolute atomic E-state index is 10.8. The van der Waals surface area contributed by atoms with Crippen LogP contribution in [0.15, 0.2) is 30.3 Å². The highest BCUT2D eigenvalue weighted by Crippen LogP contribution is 2.17. The minimum Gasteiger partial charge on any atom is -0.264 e. The summed E-state index contributed by atoms with van der Waals surface area (Å²) in [4.78, 5) is 10.0. The van der Waals surface area contributed by atoms with Crippen molar-refractivity contribution in [3.05, 3.63) is 46.0 Å². The van der Waals surface area contributed by atoms with Gasteiger partial charge in [-0.25, -0.2) is 13.6 Å². The van der Waals surface area contributed by atoms with Crippen LogP contribution in [0, 0.1) is 10.1 Å². The van der Waals surface area contributed by atoms with E-state index in [1.165, 1.54) is 12.1 Å². The second-order valence-corrected chi connectivity index (χ2v) is 4.70. The molecule has 1 atom stereocenters. The highest BCUT2D eigenvalue weighted by atomic mass is 32.2. The van der Waals surface area contributed by atoms with E-state index < -0.39 is 26.7 Å². The van der Waals surface area contributed by atoms with Crippen LogP contribution in [0.3, 0.4) is 0 Å². The fraction of sp³-hybridized carbons (Fsp3) is 0.250. The van der Waals surface area contributed by atoms with Gasteiger partial charge in [-0.05, 0) is 0 Å². The molecule has 2 N–H and O–H groups in total. The molecule has 82 valence electrons. The van der Waals surface area contributed by atoms with Crippen molar-refractivity contribution in [2.75, 3.05) is 5.75 Å². The third kappa shape index (κ3) is 3.64. The summed E-state index contributed by atoms with van der Waals surface area (Å²) in [6.45, 7) is 0. The van der Waals surface area contributed by atoms with Crippen LogP contribution < -0.4 is 5.14 Å². The molecule has 0 saturated heterocycles. The maximum Gasteiger partial charge on any atom is 0.253 e. The summed E-state index contributed by atoms with van der Waals surface area (Å²) in [6.07, 6.45) is 0. The molecule has 0 amide bonds. The van der Waals surface area contributed by atoms with Crippen molar-refractivity contribution in [2.45, 2.75) is 6.04 Å². The van der Waals surface area contributed by atoms with Gasteiger partial charge in [0.25, 0.3) is 6.04 Å². The zero-order valence-electron chi connectivity index (χ0n) is 7.74. The van der Waals surface area contributed by atoms with Crippen molar-refractivity contribution in [3.8, 4) is 0 Å². The Morgan fingerprint density at radius 1 is 1.33 bits per heavy atom. The molecule has 0 aromatic heterocycles. The van der Waals surface area contributed by atoms with Crippen LogP contribution in [0.25, 0.3) is 0 Å². The van der Waals surface area contributed by atoms with Gasteiger partial charge in [-0.2, -0.15) is 0 Å². The number of nitro groups is 1. The maximum atomic E-state index is 10.8. The lowest BCUT2D eigenvalue weighted by Gasteiger charge is -2.07. The Hall–Kier alpha value is -1.47. The molecule has 15 heavy (non-hydrogen) atoms. The molecule has 0 spiro atoms. The highest BCUT2D eigenvalue weighted by molar-refractivity contribution is 7.89. The van der Waals surface area contributed by atoms with E-state index in [0.29, 0.717) is 5.56 Å². The van der Waals surface area contributed by atoms with E-state index in [2.05, 4.69) is 0 Å². The van der Waals surface area contributed by atoms with Gasteiger partial charge in [0.15, 0.2) is 0 Å². The SMILES string of the molecule is NS(=O)(=O)CC(c1ccccc1)[N+](=O)[O-]. The average Bonchev–Trinajstić information content (AvgIpc) is 2.14. The second-order valence-electron chi connectivity index (χ2n) is 3.04. The fourth-order valence-electron chi connectivity index (χ4n) is 1.17. The van der Waals surface area contributed by atoms with E-state index in [9.17, 15) is 18.5 Å². The normalized spacial score (nSPS) is 13.4. The zero-order chi connectivity index (χ0) is 11.5. The third-order valence-electron chi connectivity index (χ3n) is 1.83. The van der Waals surface area contributed by atoms with E-state index >= 15 is 0 Å². The Morgan fingerprint density at radius 2 is 1.87 bits per heavy atom. The van der Waals surface area contributed by atoms with Crippen molar-refractivity contribution in [3.63, 3.8) is 0 Å². The molecule has 6 nitrogen and oxygen atoms in total. The average molecular weight is 230 g/mol. The van der Waals surface area contributed by atoms with E-state index in [0.717, 1.165) is 0 Å². The lowest BCUT2D eigenvalue weighted by atomic mass is 10.1. The highest BCUT2D eigenvalue weighted by Gasteiger charge is 2.27. The summed E-state index contributed by atoms with van der Waals surface area (Å²) in [7, 11) is -3.86. The van der Waals surface area contributed by atoms with E-state index in [1.54, 1.807) is 18.2 Å². The second kappa shape index (κ2) is 4.37. The van der Waals surface area contributed by atoms with Crippen molar-refractivity contribution < 1.29 is 13.3 Å². The molecule has 0 saturated carbocycles. The van der Waals surface area contributed by atoms with Gasteiger partial charge in [-0.15, -0.1) is 0 Å². The van der Waals surface area contributed by atoms with Gasteiger partial charge in [-0.3, -0.25) is 10.1 Å². The summed E-state index contributed by atoms with van der Waals surface area (Å²) in [6, 6.07) is 6.60. The van der Waals surface area contributed by atoms with Crippen LogP contribution in [-0.2, 0) is 10.0 Å². The van der Waals surface area contributed by atoms with Crippen LogP contribution >= 0.6 is 0 Å². The van der Waals surface area contributed by atoms with Gasteiger partial charge in [0.05, 0.1) is 0 Å². The first-order chi connectivity index (χ1) is 6.90. The monoisotopic (exact) mass is 230 g/mol. The number of nitrogens with two attached hydrogens (primary N) is 1. The predicted octanol–water partition coefficient (Wildman–Crippen LogP) is 0.293. The molecule has 7 heteroatoms. The van der Waals surface area contributed by atoms with Crippen molar-refractivity contribution in [2.24, 2.45) is 5.14 Å². The summed E-state index contributed by atoms with van der Waals surface area (Å²) in [5.74, 6) is -0.690. The summed E-state index contributed by atoms with van der Waals surface area (Å²) in [5.41, 5.74) is 0.330. The van der Waals surface area contributed by atoms with Gasteiger partial charge in [-0.1, -0.05) is 30.3 Å². The third-order valence-corrected chi connectivity index (χ3v) is 2.61. The molecule has 0 aliphatic carbocycles. The number of nitrogens with zero attached hydrogens (tertiary/aromatic N) is 1. The lowest BCUT2D eigenvalue weighted by molar-refractivity contribution is -0.523. The zero-order valence-corrected chi connectivity index (χ0v) is 8.55. The van der Waals surface area contributed by atoms with E-state index in [-0.39, 0.29) is 0 Å². The first-order valence-corrected chi connectivity index (χ1v) is 5.80. The molecule has 1 rings (SSSR count). The first kappa shape index (κ1) is 11.6. The van der Waals surface area contributed by atoms with Gasteiger partial charge < -0.3 is 0 Å². The van der Waals surface area contributed by atoms with Gasteiger partial charge in [0, 0.05) is 10.5 Å². The topological polar surface area (TPSA) is 103 Å². The molecule has 0 aliphatic rings. The Morgan fingerprint density at radius 3 is 2.27 bits per heavy atom. The Labute approximate surface area is 86.9 Å². The van der Waals surface area contributed by atoms with Crippen LogP contribution in [0.5, 0.6) is 0 Å². The number of rotatable bonds is 4. The smallest absolute Gasteiger partial charge is 0.253 e. The Balaban J connectivity index is 3.00. The molecule has 1 aromatic carbocycles. The molecule has 0 heterocycles. The van der Waals surface area contributed by atoms with Crippen LogP contribution in [0.4, 0.5) is 0 Å². The van der Waals surface area contributed by atoms with Crippen molar-refractivity contribution >= 4 is 10.0 Å². The van der Waals surface area contributed by atoms with Crippen molar-refractivity contribution in [1.29, 1.82) is 0 Å². The van der Waals surface area contributed by atoms with Crippen molar-refractivity contribution in [1.82, 2.24) is 0 Å². The fourth-order valence-corrected chi connectivity index (χ4v) is 1.93. The van der Waals surface area contributed by atoms with Crippen LogP contribution in [-0.4, -0.2) is 19.1 Å². The molecule has 0 aliphatic heterocycles. The summed E-state index contributed by atoms with van der Waals surface area (Å²) in [5, 5.41) is 15.4. The number of primary sulfonamides is 1. The van der Waals surface area contributed by atoms with Crippen LogP contribution in [0.2, 0.25) is 0 Å². The number of benzene rings is 1. The van der Waals surface area contributed by atoms with Crippen LogP contribution in [0.1, 0.15) is 11.6 Å². The Kier molecular flexibility index (Phi) is 3.38. The number of sulfonamides is 1. The molecule has 0 radical (unpaired) electrons. The molecular weight excluding hydrogens is 220 g/mol. The standard InChI is InChI=1S/C8H10N2O4S/c9-15(13,14)6-8(10(11)12)7-4-2-1-3-5-7/h1-5,8H,6H2,(H2,9,13,14). The number of hydrogen-bond acceptors (Lipinski definition) is 4. The lowest BCUT2D eigenvalue weighted by Crippen LogP contribution is -2.26. The quantitative estimate of drug-likeness (QED) is 0.593. The first-order valence-electron chi connectivity index (χ1n) is 4.09. The molecule has 0 bridgehead atoms. The van der Waals surface area contributed by atoms with E-state index in [1.807, 2.05) is 0 Å². The largest absolute Gasteiger partial charge is 0.264 e. The minimum atomic E-state index is -3.86. The number of hydrogen-bond donors (Lipinski definition) is 1. The summed E-state index contributed by atoms with van der Waals surface area (Å²) < 4.78 is 21.6. The molecule has 1 unspecified atom stereocenters. The minimum absolute atomic E-state index is 0.330. The Bertz CT molecular complexity index is 443. The van der Waals surface area contributed by atoms with Gasteiger partial charge in [0.1, 0.15) is 5.75 Å². The van der Waals surface area contributed by atoms with Gasteiger partial charge in [0.2, 0.25) is 10.0 Å². The summed E-state index contributed by atoms with van der Waals surface area (Å²) >= 11 is 0. The van der Waals surface area contributed by atoms with Gasteiger partial charge >= 0.3 is 0 Å². The van der Waals surface area contributed by atoms with E-state index in [4.69, 9.17) is 5.14 Å². The molecule has 1 aromatic rings. The molecule has 0 fully saturated rings. The predicted molar refractivity (Wildman–Crippen MR) is 54.2 cm³/mol. The molecular formula is C8H10N2O4S.